The van der Waals surface area contributed by atoms with E-state index in [4.69, 9.17) is 4.98 Å². The summed E-state index contributed by atoms with van der Waals surface area (Å²) in [6.45, 7) is 12.7. The topological polar surface area (TPSA) is 113 Å². The lowest BCUT2D eigenvalue weighted by molar-refractivity contribution is 0.411. The third-order valence-corrected chi connectivity index (χ3v) is 6.28. The van der Waals surface area contributed by atoms with Gasteiger partial charge >= 0.3 is 0 Å². The maximum Gasteiger partial charge on any atom is 0.135 e. The molecule has 0 spiro atoms. The summed E-state index contributed by atoms with van der Waals surface area (Å²) < 4.78 is 1.98. The first kappa shape index (κ1) is 23.6. The molecule has 190 valence electrons. The van der Waals surface area contributed by atoms with Crippen molar-refractivity contribution in [1.29, 1.82) is 0 Å². The highest BCUT2D eigenvalue weighted by Gasteiger charge is 2.16. The molecular formula is C29H29N9. The van der Waals surface area contributed by atoms with E-state index in [0.717, 1.165) is 73.8 Å². The van der Waals surface area contributed by atoms with E-state index in [-0.39, 0.29) is 5.41 Å². The van der Waals surface area contributed by atoms with Gasteiger partial charge in [0.1, 0.15) is 11.2 Å². The highest BCUT2D eigenvalue weighted by Crippen LogP contribution is 2.32. The first-order chi connectivity index (χ1) is 18.2. The fourth-order valence-corrected chi connectivity index (χ4v) is 4.71. The lowest BCUT2D eigenvalue weighted by Crippen LogP contribution is -2.10. The van der Waals surface area contributed by atoms with Gasteiger partial charge in [0.2, 0.25) is 0 Å². The molecule has 0 aliphatic carbocycles. The molecular weight excluding hydrogens is 474 g/mol. The molecule has 0 fully saturated rings. The highest BCUT2D eigenvalue weighted by atomic mass is 15.1. The van der Waals surface area contributed by atoms with Crippen LogP contribution in [0.25, 0.3) is 50.3 Å². The molecule has 3 N–H and O–H groups in total. The van der Waals surface area contributed by atoms with Crippen LogP contribution in [0.5, 0.6) is 0 Å². The number of nitrogens with one attached hydrogen (secondary N) is 3. The average Bonchev–Trinajstić information content (AvgIpc) is 3.60. The Hall–Kier alpha value is -4.79. The molecule has 0 saturated carbocycles. The van der Waals surface area contributed by atoms with Gasteiger partial charge in [0.05, 0.1) is 64.4 Å². The van der Waals surface area contributed by atoms with E-state index >= 15 is 0 Å². The van der Waals surface area contributed by atoms with Crippen molar-refractivity contribution in [3.05, 3.63) is 79.5 Å². The normalized spacial score (nSPS) is 11.9. The Morgan fingerprint density at radius 3 is 2.68 bits per heavy atom. The SMILES string of the molecule is C=C(CC(C)(C)C)Nc1cncc(-c2ccc3[nH]nc(-c4cc5c(-n6cnc(C)c6)cncc5[nH]4)c3n2)c1. The Bertz CT molecular complexity index is 1800. The van der Waals surface area contributed by atoms with Gasteiger partial charge in [0.15, 0.2) is 0 Å². The smallest absolute Gasteiger partial charge is 0.135 e. The van der Waals surface area contributed by atoms with Crippen molar-refractivity contribution in [1.82, 2.24) is 39.7 Å². The van der Waals surface area contributed by atoms with Gasteiger partial charge in [-0.25, -0.2) is 9.97 Å². The molecule has 0 aliphatic rings. The number of nitrogens with zero attached hydrogens (tertiary/aromatic N) is 6. The van der Waals surface area contributed by atoms with Gasteiger partial charge < -0.3 is 14.9 Å². The first-order valence-electron chi connectivity index (χ1n) is 12.5. The zero-order valence-electron chi connectivity index (χ0n) is 21.9. The molecule has 0 aliphatic heterocycles. The number of hydrogen-bond acceptors (Lipinski definition) is 6. The van der Waals surface area contributed by atoms with Gasteiger partial charge in [0.25, 0.3) is 0 Å². The number of rotatable bonds is 6. The van der Waals surface area contributed by atoms with Crippen LogP contribution in [-0.2, 0) is 0 Å². The summed E-state index contributed by atoms with van der Waals surface area (Å²) in [5.41, 5.74) is 9.74. The third kappa shape index (κ3) is 4.54. The van der Waals surface area contributed by atoms with Gasteiger partial charge in [-0.3, -0.25) is 15.1 Å². The largest absolute Gasteiger partial charge is 0.358 e. The van der Waals surface area contributed by atoms with Gasteiger partial charge in [-0.05, 0) is 43.0 Å². The Kier molecular flexibility index (Phi) is 5.56. The van der Waals surface area contributed by atoms with E-state index < -0.39 is 0 Å². The number of aromatic nitrogens is 8. The van der Waals surface area contributed by atoms with Gasteiger partial charge in [-0.2, -0.15) is 5.10 Å². The molecule has 38 heavy (non-hydrogen) atoms. The summed E-state index contributed by atoms with van der Waals surface area (Å²) in [5, 5.41) is 12.1. The molecule has 0 radical (unpaired) electrons. The molecule has 0 amide bonds. The number of anilines is 1. The molecule has 0 atom stereocenters. The van der Waals surface area contributed by atoms with Crippen molar-refractivity contribution >= 4 is 27.6 Å². The highest BCUT2D eigenvalue weighted by molar-refractivity contribution is 5.96. The number of hydrogen-bond donors (Lipinski definition) is 3. The minimum atomic E-state index is 0.149. The predicted octanol–water partition coefficient (Wildman–Crippen LogP) is 6.42. The number of fused-ring (bicyclic) bond motifs is 2. The standard InChI is InChI=1S/C29H29N9/c1-17(10-29(3,4)5)33-20-8-19(11-30-12-20)22-6-7-23-27(35-22)28(37-36-23)24-9-21-25(34-24)13-31-14-26(21)38-15-18(2)32-16-38/h6-9,11-16,33-34H,1,10H2,2-5H3,(H,36,37). The second-order valence-corrected chi connectivity index (χ2v) is 10.8. The number of aromatic amines is 2. The van der Waals surface area contributed by atoms with E-state index in [1.165, 1.54) is 0 Å². The van der Waals surface area contributed by atoms with Gasteiger partial charge in [-0.15, -0.1) is 0 Å². The molecule has 9 nitrogen and oxygen atoms in total. The molecule has 6 aromatic rings. The maximum absolute atomic E-state index is 4.98. The predicted molar refractivity (Wildman–Crippen MR) is 151 cm³/mol. The lowest BCUT2D eigenvalue weighted by atomic mass is 9.91. The Labute approximate surface area is 220 Å². The summed E-state index contributed by atoms with van der Waals surface area (Å²) in [6.07, 6.45) is 11.9. The van der Waals surface area contributed by atoms with Crippen LogP contribution in [0, 0.1) is 12.3 Å². The van der Waals surface area contributed by atoms with Crippen LogP contribution in [0.4, 0.5) is 5.69 Å². The van der Waals surface area contributed by atoms with Gasteiger partial charge in [-0.1, -0.05) is 27.4 Å². The number of pyridine rings is 3. The summed E-state index contributed by atoms with van der Waals surface area (Å²) in [4.78, 5) is 21.7. The molecule has 0 bridgehead atoms. The minimum absolute atomic E-state index is 0.149. The lowest BCUT2D eigenvalue weighted by Gasteiger charge is -2.20. The van der Waals surface area contributed by atoms with Crippen molar-refractivity contribution in [3.63, 3.8) is 0 Å². The van der Waals surface area contributed by atoms with E-state index in [9.17, 15) is 0 Å². The summed E-state index contributed by atoms with van der Waals surface area (Å²) in [6, 6.07) is 8.10. The minimum Gasteiger partial charge on any atom is -0.358 e. The zero-order valence-corrected chi connectivity index (χ0v) is 21.9. The van der Waals surface area contributed by atoms with Crippen LogP contribution < -0.4 is 5.32 Å². The third-order valence-electron chi connectivity index (χ3n) is 6.28. The molecule has 6 heterocycles. The van der Waals surface area contributed by atoms with Crippen LogP contribution in [0.2, 0.25) is 0 Å². The van der Waals surface area contributed by atoms with Crippen molar-refractivity contribution < 1.29 is 0 Å². The molecule has 0 aromatic carbocycles. The van der Waals surface area contributed by atoms with E-state index in [1.54, 1.807) is 12.5 Å². The Balaban J connectivity index is 1.36. The van der Waals surface area contributed by atoms with Crippen LogP contribution >= 0.6 is 0 Å². The number of allylic oxidation sites excluding steroid dienone is 1. The second-order valence-electron chi connectivity index (χ2n) is 10.8. The molecule has 6 aromatic heterocycles. The van der Waals surface area contributed by atoms with Crippen molar-refractivity contribution in [2.24, 2.45) is 5.41 Å². The zero-order chi connectivity index (χ0) is 26.4. The first-order valence-corrected chi connectivity index (χ1v) is 12.5. The van der Waals surface area contributed by atoms with Crippen LogP contribution in [0.15, 0.2) is 73.9 Å². The Morgan fingerprint density at radius 2 is 1.89 bits per heavy atom. The summed E-state index contributed by atoms with van der Waals surface area (Å²) in [5.74, 6) is 0. The fraction of sp³-hybridized carbons (Fsp3) is 0.207. The number of imidazole rings is 1. The van der Waals surface area contributed by atoms with Crippen molar-refractivity contribution in [3.8, 4) is 28.3 Å². The molecule has 9 heteroatoms. The van der Waals surface area contributed by atoms with Crippen molar-refractivity contribution in [2.45, 2.75) is 34.1 Å². The van der Waals surface area contributed by atoms with Crippen molar-refractivity contribution in [2.75, 3.05) is 5.32 Å². The Morgan fingerprint density at radius 1 is 1.05 bits per heavy atom. The average molecular weight is 504 g/mol. The van der Waals surface area contributed by atoms with Crippen LogP contribution in [0.1, 0.15) is 32.9 Å². The number of H-pyrrole nitrogens is 2. The molecule has 0 saturated heterocycles. The van der Waals surface area contributed by atoms with Crippen LogP contribution in [0.3, 0.4) is 0 Å². The van der Waals surface area contributed by atoms with Gasteiger partial charge in [0, 0.05) is 29.0 Å². The maximum atomic E-state index is 4.98. The summed E-state index contributed by atoms with van der Waals surface area (Å²) in [7, 11) is 0. The fourth-order valence-electron chi connectivity index (χ4n) is 4.71. The second kappa shape index (κ2) is 8.95. The van der Waals surface area contributed by atoms with E-state index in [0.29, 0.717) is 0 Å². The van der Waals surface area contributed by atoms with Crippen LogP contribution in [-0.4, -0.2) is 39.7 Å². The molecule has 6 rings (SSSR count). The molecule has 0 unspecified atom stereocenters. The quantitative estimate of drug-likeness (QED) is 0.242. The number of aryl methyl sites for hydroxylation is 1. The van der Waals surface area contributed by atoms with E-state index in [1.807, 2.05) is 54.5 Å². The van der Waals surface area contributed by atoms with E-state index in [2.05, 4.69) is 68.9 Å². The summed E-state index contributed by atoms with van der Waals surface area (Å²) >= 11 is 0. The monoisotopic (exact) mass is 503 g/mol.